The summed E-state index contributed by atoms with van der Waals surface area (Å²) < 4.78 is 11.0. The molecule has 0 saturated carbocycles. The number of ether oxygens (including phenoxy) is 2. The Morgan fingerprint density at radius 2 is 2.21 bits per heavy atom. The lowest BCUT2D eigenvalue weighted by Gasteiger charge is -2.15. The van der Waals surface area contributed by atoms with Crippen molar-refractivity contribution >= 4 is 12.0 Å². The minimum atomic E-state index is -0.362. The van der Waals surface area contributed by atoms with Crippen molar-refractivity contribution < 1.29 is 14.3 Å². The minimum Gasteiger partial charge on any atom is -0.493 e. The molecule has 0 aliphatic rings. The second-order valence-corrected chi connectivity index (χ2v) is 4.09. The number of nitrogens with two attached hydrogens (primary N) is 1. The Hall–Kier alpha value is -2.01. The highest BCUT2D eigenvalue weighted by Gasteiger charge is 2.08. The first-order chi connectivity index (χ1) is 9.10. The first kappa shape index (κ1) is 15.0. The molecule has 104 valence electrons. The van der Waals surface area contributed by atoms with Gasteiger partial charge in [-0.25, -0.2) is 5.84 Å². The van der Waals surface area contributed by atoms with E-state index >= 15 is 0 Å². The summed E-state index contributed by atoms with van der Waals surface area (Å²) in [5.74, 6) is 5.96. The summed E-state index contributed by atoms with van der Waals surface area (Å²) in [6.45, 7) is 4.05. The van der Waals surface area contributed by atoms with Crippen LogP contribution in [0, 0.1) is 0 Å². The molecule has 5 nitrogen and oxygen atoms in total. The molecule has 0 unspecified atom stereocenters. The van der Waals surface area contributed by atoms with Gasteiger partial charge in [0.25, 0.3) is 5.91 Å². The SMILES string of the molecule is CC[C@@H](C)Oc1ccc(/C=C/C(=O)NN)cc1OC. The van der Waals surface area contributed by atoms with E-state index in [1.54, 1.807) is 19.3 Å². The lowest BCUT2D eigenvalue weighted by atomic mass is 10.2. The van der Waals surface area contributed by atoms with Gasteiger partial charge in [0.15, 0.2) is 11.5 Å². The molecular formula is C14H20N2O3. The van der Waals surface area contributed by atoms with Gasteiger partial charge in [0.1, 0.15) is 0 Å². The molecule has 1 rings (SSSR count). The van der Waals surface area contributed by atoms with E-state index in [0.717, 1.165) is 12.0 Å². The zero-order chi connectivity index (χ0) is 14.3. The number of amides is 1. The summed E-state index contributed by atoms with van der Waals surface area (Å²) in [5, 5.41) is 0. The molecule has 0 spiro atoms. The lowest BCUT2D eigenvalue weighted by Crippen LogP contribution is -2.27. The first-order valence-corrected chi connectivity index (χ1v) is 6.14. The molecule has 0 heterocycles. The van der Waals surface area contributed by atoms with Gasteiger partial charge in [-0.05, 0) is 37.1 Å². The molecule has 1 aromatic carbocycles. The predicted octanol–water partition coefficient (Wildman–Crippen LogP) is 1.88. The first-order valence-electron chi connectivity index (χ1n) is 6.14. The maximum atomic E-state index is 11.0. The third-order valence-electron chi connectivity index (χ3n) is 2.66. The topological polar surface area (TPSA) is 73.6 Å². The molecule has 0 aromatic heterocycles. The van der Waals surface area contributed by atoms with Crippen molar-refractivity contribution in [1.82, 2.24) is 5.43 Å². The van der Waals surface area contributed by atoms with Crippen molar-refractivity contribution in [3.05, 3.63) is 29.8 Å². The van der Waals surface area contributed by atoms with Gasteiger partial charge < -0.3 is 9.47 Å². The number of hydrazine groups is 1. The third-order valence-corrected chi connectivity index (χ3v) is 2.66. The van der Waals surface area contributed by atoms with Crippen molar-refractivity contribution in [2.24, 2.45) is 5.84 Å². The number of hydrogen-bond acceptors (Lipinski definition) is 4. The highest BCUT2D eigenvalue weighted by atomic mass is 16.5. The Labute approximate surface area is 113 Å². The van der Waals surface area contributed by atoms with Gasteiger partial charge in [-0.15, -0.1) is 0 Å². The van der Waals surface area contributed by atoms with Crippen LogP contribution in [0.15, 0.2) is 24.3 Å². The summed E-state index contributed by atoms with van der Waals surface area (Å²) in [4.78, 5) is 11.0. The minimum absolute atomic E-state index is 0.123. The highest BCUT2D eigenvalue weighted by Crippen LogP contribution is 2.29. The number of benzene rings is 1. The number of nitrogens with one attached hydrogen (secondary N) is 1. The fourth-order valence-corrected chi connectivity index (χ4v) is 1.41. The van der Waals surface area contributed by atoms with Crippen LogP contribution in [0.1, 0.15) is 25.8 Å². The van der Waals surface area contributed by atoms with Crippen molar-refractivity contribution in [2.75, 3.05) is 7.11 Å². The molecule has 1 amide bonds. The van der Waals surface area contributed by atoms with Crippen LogP contribution in [0.25, 0.3) is 6.08 Å². The van der Waals surface area contributed by atoms with Crippen LogP contribution in [-0.2, 0) is 4.79 Å². The van der Waals surface area contributed by atoms with Crippen molar-refractivity contribution in [3.63, 3.8) is 0 Å². The number of carbonyl (C=O) groups excluding carboxylic acids is 1. The molecule has 0 aliphatic carbocycles. The second kappa shape index (κ2) is 7.43. The fourth-order valence-electron chi connectivity index (χ4n) is 1.41. The van der Waals surface area contributed by atoms with E-state index in [9.17, 15) is 4.79 Å². The molecule has 5 heteroatoms. The molecule has 1 atom stereocenters. The Bertz CT molecular complexity index is 458. The number of methoxy groups -OCH3 is 1. The monoisotopic (exact) mass is 264 g/mol. The molecule has 0 saturated heterocycles. The molecule has 0 bridgehead atoms. The van der Waals surface area contributed by atoms with Gasteiger partial charge in [0.2, 0.25) is 0 Å². The number of hydrogen-bond donors (Lipinski definition) is 2. The van der Waals surface area contributed by atoms with Crippen molar-refractivity contribution in [3.8, 4) is 11.5 Å². The van der Waals surface area contributed by atoms with Gasteiger partial charge in [0.05, 0.1) is 13.2 Å². The van der Waals surface area contributed by atoms with Crippen molar-refractivity contribution in [2.45, 2.75) is 26.4 Å². The maximum absolute atomic E-state index is 11.0. The van der Waals surface area contributed by atoms with E-state index in [2.05, 4.69) is 6.92 Å². The van der Waals surface area contributed by atoms with Crippen LogP contribution in [-0.4, -0.2) is 19.1 Å². The molecule has 0 aliphatic heterocycles. The van der Waals surface area contributed by atoms with Gasteiger partial charge in [0, 0.05) is 6.08 Å². The van der Waals surface area contributed by atoms with Gasteiger partial charge in [-0.1, -0.05) is 13.0 Å². The van der Waals surface area contributed by atoms with Crippen LogP contribution in [0.4, 0.5) is 0 Å². The van der Waals surface area contributed by atoms with Crippen LogP contribution >= 0.6 is 0 Å². The Balaban J connectivity index is 2.89. The van der Waals surface area contributed by atoms with Crippen LogP contribution in [0.5, 0.6) is 11.5 Å². The summed E-state index contributed by atoms with van der Waals surface area (Å²) in [5.41, 5.74) is 2.86. The predicted molar refractivity (Wildman–Crippen MR) is 74.7 cm³/mol. The van der Waals surface area contributed by atoms with Crippen LogP contribution in [0.2, 0.25) is 0 Å². The zero-order valence-electron chi connectivity index (χ0n) is 11.5. The smallest absolute Gasteiger partial charge is 0.257 e. The Kier molecular flexibility index (Phi) is 5.89. The van der Waals surface area contributed by atoms with Crippen LogP contribution < -0.4 is 20.7 Å². The van der Waals surface area contributed by atoms with Gasteiger partial charge in [-0.2, -0.15) is 0 Å². The zero-order valence-corrected chi connectivity index (χ0v) is 11.5. The fraction of sp³-hybridized carbons (Fsp3) is 0.357. The lowest BCUT2D eigenvalue weighted by molar-refractivity contribution is -0.116. The summed E-state index contributed by atoms with van der Waals surface area (Å²) in [7, 11) is 1.58. The van der Waals surface area contributed by atoms with E-state index in [-0.39, 0.29) is 12.0 Å². The number of carbonyl (C=O) groups is 1. The Morgan fingerprint density at radius 1 is 1.47 bits per heavy atom. The average Bonchev–Trinajstić information content (AvgIpc) is 2.45. The molecular weight excluding hydrogens is 244 g/mol. The van der Waals surface area contributed by atoms with Gasteiger partial charge in [-0.3, -0.25) is 10.2 Å². The third kappa shape index (κ3) is 4.63. The standard InChI is InChI=1S/C14H20N2O3/c1-4-10(2)19-12-7-5-11(9-13(12)18-3)6-8-14(17)16-15/h5-10H,4,15H2,1-3H3,(H,16,17)/b8-6+/t10-/m1/s1. The molecule has 0 fully saturated rings. The Morgan fingerprint density at radius 3 is 2.79 bits per heavy atom. The van der Waals surface area contributed by atoms with E-state index in [4.69, 9.17) is 15.3 Å². The summed E-state index contributed by atoms with van der Waals surface area (Å²) in [6, 6.07) is 5.48. The van der Waals surface area contributed by atoms with Gasteiger partial charge >= 0.3 is 0 Å². The van der Waals surface area contributed by atoms with E-state index in [1.165, 1.54) is 6.08 Å². The number of rotatable bonds is 6. The average molecular weight is 264 g/mol. The quantitative estimate of drug-likeness (QED) is 0.356. The molecule has 0 radical (unpaired) electrons. The largest absolute Gasteiger partial charge is 0.493 e. The maximum Gasteiger partial charge on any atom is 0.257 e. The van der Waals surface area contributed by atoms with E-state index in [0.29, 0.717) is 11.5 Å². The highest BCUT2D eigenvalue weighted by molar-refractivity contribution is 5.91. The molecule has 1 aromatic rings. The van der Waals surface area contributed by atoms with E-state index < -0.39 is 0 Å². The second-order valence-electron chi connectivity index (χ2n) is 4.09. The molecule has 19 heavy (non-hydrogen) atoms. The molecule has 3 N–H and O–H groups in total. The van der Waals surface area contributed by atoms with Crippen molar-refractivity contribution in [1.29, 1.82) is 0 Å². The summed E-state index contributed by atoms with van der Waals surface area (Å²) >= 11 is 0. The normalized spacial score (nSPS) is 12.2. The summed E-state index contributed by atoms with van der Waals surface area (Å²) in [6.07, 6.45) is 4.04. The van der Waals surface area contributed by atoms with Crippen LogP contribution in [0.3, 0.4) is 0 Å². The van der Waals surface area contributed by atoms with E-state index in [1.807, 2.05) is 24.5 Å².